The van der Waals surface area contributed by atoms with Crippen molar-refractivity contribution in [2.24, 2.45) is 16.8 Å². The Morgan fingerprint density at radius 2 is 2.16 bits per heavy atom. The maximum atomic E-state index is 12.5. The fourth-order valence-electron chi connectivity index (χ4n) is 5.49. The number of hydrogen-bond acceptors (Lipinski definition) is 7. The molecule has 7 nitrogen and oxygen atoms in total. The van der Waals surface area contributed by atoms with Gasteiger partial charge in [-0.1, -0.05) is 13.3 Å². The monoisotopic (exact) mass is 540 g/mol. The molecule has 8 heteroatoms. The second kappa shape index (κ2) is 8.71. The summed E-state index contributed by atoms with van der Waals surface area (Å²) in [6.45, 7) is 3.75. The zero-order valence-corrected chi connectivity index (χ0v) is 20.5. The highest BCUT2D eigenvalue weighted by atomic mass is 127. The molecular weight excluding hydrogens is 511 g/mol. The fraction of sp³-hybridized carbons (Fsp3) is 0.565. The minimum Gasteiger partial charge on any atom is -0.504 e. The van der Waals surface area contributed by atoms with Crippen molar-refractivity contribution < 1.29 is 24.1 Å². The van der Waals surface area contributed by atoms with Crippen LogP contribution in [-0.2, 0) is 19.9 Å². The zero-order valence-electron chi connectivity index (χ0n) is 18.4. The number of aliphatic hydroxyl groups is 1. The Labute approximate surface area is 196 Å². The highest BCUT2D eigenvalue weighted by molar-refractivity contribution is 14.1. The van der Waals surface area contributed by atoms with Crippen LogP contribution in [0.4, 0.5) is 5.69 Å². The highest BCUT2D eigenvalue weighted by Crippen LogP contribution is 2.52. The first kappa shape index (κ1) is 22.5. The Hall–Kier alpha value is -1.65. The van der Waals surface area contributed by atoms with Crippen molar-refractivity contribution >= 4 is 40.0 Å². The van der Waals surface area contributed by atoms with Gasteiger partial charge in [-0.25, -0.2) is 4.79 Å². The number of ether oxygens (including phenoxy) is 3. The molecule has 1 N–H and O–H groups in total. The first-order chi connectivity index (χ1) is 14.9. The Morgan fingerprint density at radius 1 is 1.39 bits per heavy atom. The van der Waals surface area contributed by atoms with Gasteiger partial charge in [0.15, 0.2) is 0 Å². The van der Waals surface area contributed by atoms with Crippen molar-refractivity contribution in [3.05, 3.63) is 33.1 Å². The van der Waals surface area contributed by atoms with E-state index in [2.05, 4.69) is 34.4 Å². The molecule has 0 unspecified atom stereocenters. The van der Waals surface area contributed by atoms with Crippen LogP contribution in [0, 0.1) is 15.4 Å². The van der Waals surface area contributed by atoms with E-state index in [1.54, 1.807) is 14.2 Å². The smallest absolute Gasteiger partial charge is 0.337 e. The third-order valence-electron chi connectivity index (χ3n) is 6.99. The lowest BCUT2D eigenvalue weighted by Gasteiger charge is -2.50. The second-order valence-corrected chi connectivity index (χ2v) is 9.57. The van der Waals surface area contributed by atoms with E-state index in [-0.39, 0.29) is 17.9 Å². The van der Waals surface area contributed by atoms with E-state index in [0.29, 0.717) is 30.1 Å². The zero-order chi connectivity index (χ0) is 22.3. The summed E-state index contributed by atoms with van der Waals surface area (Å²) >= 11 is 2.23. The molecule has 0 radical (unpaired) electrons. The molecule has 3 aliphatic rings. The van der Waals surface area contributed by atoms with Gasteiger partial charge in [0, 0.05) is 13.1 Å². The number of piperidine rings is 2. The molecule has 4 atom stereocenters. The van der Waals surface area contributed by atoms with E-state index in [9.17, 15) is 9.90 Å². The van der Waals surface area contributed by atoms with Crippen molar-refractivity contribution in [1.29, 1.82) is 0 Å². The molecule has 0 spiro atoms. The van der Waals surface area contributed by atoms with Crippen LogP contribution in [0.15, 0.2) is 29.0 Å². The predicted molar refractivity (Wildman–Crippen MR) is 126 cm³/mol. The minimum atomic E-state index is -1.15. The standard InChI is InChI=1S/C23H29IN2O5/c1-5-13-11-26-9-8-23(28)19-17(7-6-16(24)20(19)30-3)25-21(23)18(26)10-14(13)15(12-29-2)22(27)31-4/h6-7,12-14,18,28H,5,8-11H2,1-4H3/b15-12+/t13-,14+,18+,23+/m1/s1. The lowest BCUT2D eigenvalue weighted by Crippen LogP contribution is -2.60. The average Bonchev–Trinajstić information content (AvgIpc) is 3.09. The fourth-order valence-corrected chi connectivity index (χ4v) is 6.16. The largest absolute Gasteiger partial charge is 0.504 e. The Balaban J connectivity index is 1.74. The van der Waals surface area contributed by atoms with Crippen molar-refractivity contribution in [1.82, 2.24) is 4.90 Å². The number of nitrogens with zero attached hydrogens (tertiary/aromatic N) is 2. The molecular formula is C23H29IN2O5. The summed E-state index contributed by atoms with van der Waals surface area (Å²) in [6.07, 6.45) is 3.71. The summed E-state index contributed by atoms with van der Waals surface area (Å²) in [5.74, 6) is 0.594. The summed E-state index contributed by atoms with van der Waals surface area (Å²) in [5.41, 5.74) is 1.70. The van der Waals surface area contributed by atoms with Gasteiger partial charge in [-0.3, -0.25) is 9.89 Å². The Kier molecular flexibility index (Phi) is 6.33. The van der Waals surface area contributed by atoms with Crippen LogP contribution in [0.5, 0.6) is 5.75 Å². The number of carbonyl (C=O) groups excluding carboxylic acids is 1. The van der Waals surface area contributed by atoms with Crippen molar-refractivity contribution in [2.75, 3.05) is 34.4 Å². The molecule has 4 rings (SSSR count). The van der Waals surface area contributed by atoms with Crippen LogP contribution >= 0.6 is 22.6 Å². The number of carbonyl (C=O) groups is 1. The summed E-state index contributed by atoms with van der Waals surface area (Å²) in [7, 11) is 4.58. The van der Waals surface area contributed by atoms with Crippen LogP contribution in [0.1, 0.15) is 31.7 Å². The molecule has 0 amide bonds. The van der Waals surface area contributed by atoms with Gasteiger partial charge in [-0.05, 0) is 59.4 Å². The minimum absolute atomic E-state index is 0.0329. The van der Waals surface area contributed by atoms with Gasteiger partial charge in [0.2, 0.25) is 0 Å². The predicted octanol–water partition coefficient (Wildman–Crippen LogP) is 3.40. The first-order valence-corrected chi connectivity index (χ1v) is 11.7. The van der Waals surface area contributed by atoms with E-state index in [1.807, 2.05) is 12.1 Å². The van der Waals surface area contributed by atoms with Gasteiger partial charge in [-0.15, -0.1) is 0 Å². The molecule has 2 saturated heterocycles. The average molecular weight is 540 g/mol. The quantitative estimate of drug-likeness (QED) is 0.267. The van der Waals surface area contributed by atoms with E-state index in [0.717, 1.165) is 40.0 Å². The molecule has 168 valence electrons. The van der Waals surface area contributed by atoms with Crippen molar-refractivity contribution in [3.63, 3.8) is 0 Å². The van der Waals surface area contributed by atoms with Crippen LogP contribution in [-0.4, -0.2) is 62.1 Å². The lowest BCUT2D eigenvalue weighted by molar-refractivity contribution is -0.137. The highest BCUT2D eigenvalue weighted by Gasteiger charge is 2.54. The molecule has 31 heavy (non-hydrogen) atoms. The maximum Gasteiger partial charge on any atom is 0.337 e. The first-order valence-electron chi connectivity index (χ1n) is 10.6. The molecule has 1 aromatic carbocycles. The summed E-state index contributed by atoms with van der Waals surface area (Å²) in [4.78, 5) is 19.8. The summed E-state index contributed by atoms with van der Waals surface area (Å²) in [5, 5.41) is 11.9. The van der Waals surface area contributed by atoms with Gasteiger partial charge in [-0.2, -0.15) is 0 Å². The molecule has 2 fully saturated rings. The lowest BCUT2D eigenvalue weighted by atomic mass is 9.70. The molecule has 0 aliphatic carbocycles. The second-order valence-electron chi connectivity index (χ2n) is 8.40. The van der Waals surface area contributed by atoms with Crippen LogP contribution in [0.25, 0.3) is 0 Å². The van der Waals surface area contributed by atoms with E-state index >= 15 is 0 Å². The van der Waals surface area contributed by atoms with E-state index in [1.165, 1.54) is 13.4 Å². The number of hydrogen-bond donors (Lipinski definition) is 1. The number of benzene rings is 1. The molecule has 3 heterocycles. The van der Waals surface area contributed by atoms with Crippen LogP contribution < -0.4 is 4.74 Å². The normalized spacial score (nSPS) is 30.1. The third kappa shape index (κ3) is 3.56. The SMILES string of the molecule is CC[C@@H]1CN2CC[C@@]3(O)C(=Nc4ccc(I)c(OC)c43)[C@@H]2C[C@@H]1/C(=C\OC)C(=O)OC. The van der Waals surface area contributed by atoms with E-state index in [4.69, 9.17) is 19.2 Å². The van der Waals surface area contributed by atoms with Gasteiger partial charge in [0.1, 0.15) is 11.4 Å². The van der Waals surface area contributed by atoms with Gasteiger partial charge < -0.3 is 19.3 Å². The topological polar surface area (TPSA) is 80.6 Å². The van der Waals surface area contributed by atoms with Crippen molar-refractivity contribution in [3.8, 4) is 5.75 Å². The van der Waals surface area contributed by atoms with Gasteiger partial charge in [0.05, 0.1) is 59.7 Å². The van der Waals surface area contributed by atoms with E-state index < -0.39 is 5.60 Å². The van der Waals surface area contributed by atoms with Crippen LogP contribution in [0.2, 0.25) is 0 Å². The van der Waals surface area contributed by atoms with Gasteiger partial charge in [0.25, 0.3) is 0 Å². The molecule has 1 aromatic rings. The Morgan fingerprint density at radius 3 is 2.81 bits per heavy atom. The molecule has 0 bridgehead atoms. The molecule has 0 aromatic heterocycles. The molecule has 3 aliphatic heterocycles. The summed E-state index contributed by atoms with van der Waals surface area (Å²) in [6, 6.07) is 3.85. The number of halogens is 1. The number of esters is 1. The van der Waals surface area contributed by atoms with Crippen LogP contribution in [0.3, 0.4) is 0 Å². The number of methoxy groups -OCH3 is 3. The number of rotatable bonds is 5. The van der Waals surface area contributed by atoms with Gasteiger partial charge >= 0.3 is 5.97 Å². The summed E-state index contributed by atoms with van der Waals surface area (Å²) < 4.78 is 16.9. The van der Waals surface area contributed by atoms with Crippen molar-refractivity contribution in [2.45, 2.75) is 37.8 Å². The number of aliphatic imine (C=N–C) groups is 1. The third-order valence-corrected chi connectivity index (χ3v) is 7.84. The molecule has 0 saturated carbocycles. The number of fused-ring (bicyclic) bond motifs is 5. The maximum absolute atomic E-state index is 12.5. The Bertz CT molecular complexity index is 946.